The Morgan fingerprint density at radius 1 is 0.221 bits per heavy atom. The van der Waals surface area contributed by atoms with E-state index in [1.165, 1.54) is 152 Å². The molecule has 2 atom stereocenters. The van der Waals surface area contributed by atoms with Gasteiger partial charge in [0, 0.05) is 31.2 Å². The van der Waals surface area contributed by atoms with Gasteiger partial charge in [-0.1, -0.05) is 276 Å². The summed E-state index contributed by atoms with van der Waals surface area (Å²) < 4.78 is 0. The standard InChI is InChI=1S/C75H46P2/c1-3-22-47(23-4-1)76-67-42-15-10-29-59(67)72-54(35-20-44-69(72)76)49-31-17-33-56-62(49)46-63-50(55-36-21-45-70-73(55)60-30-11-16-43-68(60)77(70)48-24-5-2-6-25-48)32-18-34-57(63)71(56)61-38-19-37-58-53-28-9-14-41-66(53)75(74(58)61)64-39-12-7-26-51(64)52-27-8-13-40-65(52)75/h1-46H. The summed E-state index contributed by atoms with van der Waals surface area (Å²) in [7, 11) is -1.50. The van der Waals surface area contributed by atoms with E-state index in [1.807, 2.05) is 0 Å². The summed E-state index contributed by atoms with van der Waals surface area (Å²) >= 11 is 0. The molecule has 356 valence electrons. The molecule has 2 aliphatic rings. The maximum Gasteiger partial charge on any atom is 0.0731 e. The molecule has 2 heterocycles. The fourth-order valence-electron chi connectivity index (χ4n) is 14.5. The highest BCUT2D eigenvalue weighted by Crippen LogP contribution is 2.66. The number of benzene rings is 13. The van der Waals surface area contributed by atoms with Crippen molar-refractivity contribution < 1.29 is 0 Å². The van der Waals surface area contributed by atoms with E-state index in [2.05, 4.69) is 279 Å². The Kier molecular flexibility index (Phi) is 9.26. The second-order valence-corrected chi connectivity index (χ2v) is 25.2. The molecule has 77 heavy (non-hydrogen) atoms. The normalized spacial score (nSPS) is 13.5. The van der Waals surface area contributed by atoms with Crippen molar-refractivity contribution in [3.8, 4) is 66.2 Å². The topological polar surface area (TPSA) is 0 Å². The second kappa shape index (κ2) is 16.5. The van der Waals surface area contributed by atoms with Gasteiger partial charge in [-0.05, 0) is 139 Å². The Labute approximate surface area is 448 Å². The third-order valence-electron chi connectivity index (χ3n) is 17.3. The lowest BCUT2D eigenvalue weighted by atomic mass is 9.68. The van der Waals surface area contributed by atoms with Gasteiger partial charge in [-0.2, -0.15) is 0 Å². The second-order valence-electron chi connectivity index (χ2n) is 20.9. The predicted octanol–water partition coefficient (Wildman–Crippen LogP) is 21.9. The first-order chi connectivity index (χ1) is 38.3. The molecule has 0 aliphatic heterocycles. The lowest BCUT2D eigenvalue weighted by Gasteiger charge is -2.32. The van der Waals surface area contributed by atoms with Crippen LogP contribution in [0.1, 0.15) is 22.3 Å². The summed E-state index contributed by atoms with van der Waals surface area (Å²) in [5.41, 5.74) is 17.8. The van der Waals surface area contributed by atoms with Crippen LogP contribution in [0.3, 0.4) is 0 Å². The molecule has 17 rings (SSSR count). The quantitative estimate of drug-likeness (QED) is 0.151. The van der Waals surface area contributed by atoms with Gasteiger partial charge >= 0.3 is 0 Å². The first kappa shape index (κ1) is 43.2. The molecule has 2 heteroatoms. The van der Waals surface area contributed by atoms with E-state index >= 15 is 0 Å². The number of hydrogen-bond donors (Lipinski definition) is 0. The molecule has 0 amide bonds. The van der Waals surface area contributed by atoms with Crippen molar-refractivity contribution in [3.05, 3.63) is 301 Å². The molecule has 0 bridgehead atoms. The van der Waals surface area contributed by atoms with Gasteiger partial charge in [0.05, 0.1) is 5.41 Å². The molecule has 1 spiro atoms. The fourth-order valence-corrected chi connectivity index (χ4v) is 19.8. The number of rotatable bonds is 5. The number of hydrogen-bond acceptors (Lipinski definition) is 0. The molecule has 2 unspecified atom stereocenters. The van der Waals surface area contributed by atoms with E-state index in [0.717, 1.165) is 0 Å². The van der Waals surface area contributed by atoms with Crippen LogP contribution < -0.4 is 0 Å². The monoisotopic (exact) mass is 1010 g/mol. The van der Waals surface area contributed by atoms with Crippen molar-refractivity contribution in [1.82, 2.24) is 0 Å². The summed E-state index contributed by atoms with van der Waals surface area (Å²) in [6.45, 7) is 0. The highest BCUT2D eigenvalue weighted by molar-refractivity contribution is 7.68. The van der Waals surface area contributed by atoms with E-state index < -0.39 is 20.5 Å². The van der Waals surface area contributed by atoms with Crippen LogP contribution in [-0.2, 0) is 5.41 Å². The van der Waals surface area contributed by atoms with Gasteiger partial charge in [0.1, 0.15) is 0 Å². The molecule has 0 nitrogen and oxygen atoms in total. The minimum Gasteiger partial charge on any atom is -0.0772 e. The van der Waals surface area contributed by atoms with Crippen LogP contribution in [0.15, 0.2) is 279 Å². The molecule has 0 N–H and O–H groups in total. The van der Waals surface area contributed by atoms with Gasteiger partial charge in [0.2, 0.25) is 0 Å². The molecule has 0 fully saturated rings. The Hall–Kier alpha value is -9.02. The van der Waals surface area contributed by atoms with E-state index in [0.29, 0.717) is 0 Å². The van der Waals surface area contributed by atoms with Crippen molar-refractivity contribution in [2.45, 2.75) is 5.41 Å². The molecule has 0 saturated carbocycles. The molecular weight excluding hydrogens is 963 g/mol. The van der Waals surface area contributed by atoms with E-state index in [1.54, 1.807) is 0 Å². The van der Waals surface area contributed by atoms with E-state index in [-0.39, 0.29) is 0 Å². The molecule has 15 aromatic rings. The van der Waals surface area contributed by atoms with Crippen LogP contribution in [0.2, 0.25) is 0 Å². The molecule has 0 radical (unpaired) electrons. The van der Waals surface area contributed by atoms with Crippen molar-refractivity contribution in [2.75, 3.05) is 0 Å². The zero-order valence-corrected chi connectivity index (χ0v) is 43.7. The van der Waals surface area contributed by atoms with Crippen molar-refractivity contribution >= 4 is 78.6 Å². The van der Waals surface area contributed by atoms with Gasteiger partial charge in [0.15, 0.2) is 0 Å². The highest BCUT2D eigenvalue weighted by Gasteiger charge is 2.52. The van der Waals surface area contributed by atoms with Gasteiger partial charge in [-0.15, -0.1) is 0 Å². The van der Waals surface area contributed by atoms with E-state index in [9.17, 15) is 0 Å². The summed E-state index contributed by atoms with van der Waals surface area (Å²) in [4.78, 5) is 0. The third kappa shape index (κ3) is 5.84. The van der Waals surface area contributed by atoms with Gasteiger partial charge in [-0.25, -0.2) is 0 Å². The predicted molar refractivity (Wildman–Crippen MR) is 332 cm³/mol. The summed E-state index contributed by atoms with van der Waals surface area (Å²) in [5, 5.41) is 19.0. The molecule has 0 saturated heterocycles. The largest absolute Gasteiger partial charge is 0.0772 e. The fraction of sp³-hybridized carbons (Fsp3) is 0.0133. The minimum atomic E-state index is -0.748. The van der Waals surface area contributed by atoms with E-state index in [4.69, 9.17) is 0 Å². The smallest absolute Gasteiger partial charge is 0.0731 e. The maximum absolute atomic E-state index is 2.58. The lowest BCUT2D eigenvalue weighted by molar-refractivity contribution is 0.796. The Balaban J connectivity index is 1.04. The first-order valence-electron chi connectivity index (χ1n) is 26.8. The Morgan fingerprint density at radius 2 is 0.558 bits per heavy atom. The first-order valence-corrected chi connectivity index (χ1v) is 29.5. The van der Waals surface area contributed by atoms with Crippen LogP contribution in [0.4, 0.5) is 0 Å². The van der Waals surface area contributed by atoms with Crippen LogP contribution in [0, 0.1) is 0 Å². The molecule has 2 aliphatic carbocycles. The molecular formula is C75H46P2. The van der Waals surface area contributed by atoms with Gasteiger partial charge in [0.25, 0.3) is 0 Å². The Morgan fingerprint density at radius 3 is 1.06 bits per heavy atom. The van der Waals surface area contributed by atoms with Crippen LogP contribution in [0.25, 0.3) is 130 Å². The lowest BCUT2D eigenvalue weighted by Crippen LogP contribution is -2.26. The third-order valence-corrected chi connectivity index (χ3v) is 22.4. The Bertz CT molecular complexity index is 4700. The summed E-state index contributed by atoms with van der Waals surface area (Å²) in [6.07, 6.45) is 0. The van der Waals surface area contributed by atoms with Gasteiger partial charge < -0.3 is 0 Å². The van der Waals surface area contributed by atoms with Crippen molar-refractivity contribution in [3.63, 3.8) is 0 Å². The maximum atomic E-state index is 2.58. The zero-order valence-electron chi connectivity index (χ0n) is 42.0. The SMILES string of the molecule is c1ccc(-p2c3ccccc3c3c(-c4cccc5c(-c6cccc7c6C6(c8ccccc8-c8ccccc86)c6ccccc6-7)c6cccc(-c7cccc8c7c7ccccc7p8-c7ccccc7)c6cc45)cccc32)cc1. The van der Waals surface area contributed by atoms with Crippen molar-refractivity contribution in [2.24, 2.45) is 0 Å². The van der Waals surface area contributed by atoms with Crippen LogP contribution in [0.5, 0.6) is 0 Å². The zero-order chi connectivity index (χ0) is 50.3. The minimum absolute atomic E-state index is 0.531. The van der Waals surface area contributed by atoms with Crippen molar-refractivity contribution in [1.29, 1.82) is 0 Å². The average molecular weight is 1010 g/mol. The highest BCUT2D eigenvalue weighted by atomic mass is 31.1. The van der Waals surface area contributed by atoms with Crippen LogP contribution in [-0.4, -0.2) is 0 Å². The van der Waals surface area contributed by atoms with Gasteiger partial charge in [-0.3, -0.25) is 0 Å². The number of fused-ring (bicyclic) bond motifs is 18. The molecule has 13 aromatic carbocycles. The average Bonchev–Trinajstić information content (AvgIpc) is 4.38. The van der Waals surface area contributed by atoms with Crippen LogP contribution >= 0.6 is 15.1 Å². The summed E-state index contributed by atoms with van der Waals surface area (Å²) in [5.74, 6) is 0. The molecule has 2 aromatic heterocycles. The summed E-state index contributed by atoms with van der Waals surface area (Å²) in [6, 6.07) is 107.